The van der Waals surface area contributed by atoms with Crippen molar-refractivity contribution in [3.63, 3.8) is 0 Å². The van der Waals surface area contributed by atoms with Crippen LogP contribution in [0.15, 0.2) is 30.3 Å². The van der Waals surface area contributed by atoms with Gasteiger partial charge in [0.25, 0.3) is 0 Å². The van der Waals surface area contributed by atoms with E-state index in [1.54, 1.807) is 0 Å². The first-order valence-corrected chi connectivity index (χ1v) is 7.47. The fourth-order valence-electron chi connectivity index (χ4n) is 3.43. The van der Waals surface area contributed by atoms with Gasteiger partial charge in [0.05, 0.1) is 7.11 Å². The maximum atomic E-state index is 12.3. The Morgan fingerprint density at radius 2 is 1.86 bits per heavy atom. The summed E-state index contributed by atoms with van der Waals surface area (Å²) >= 11 is 0. The summed E-state index contributed by atoms with van der Waals surface area (Å²) in [7, 11) is 1.28. The average molecular weight is 290 g/mol. The zero-order valence-corrected chi connectivity index (χ0v) is 12.4. The van der Waals surface area contributed by atoms with Gasteiger partial charge in [0.1, 0.15) is 0 Å². The molecule has 4 heteroatoms. The van der Waals surface area contributed by atoms with Crippen molar-refractivity contribution >= 4 is 11.9 Å². The van der Waals surface area contributed by atoms with E-state index in [0.717, 1.165) is 31.2 Å². The summed E-state index contributed by atoms with van der Waals surface area (Å²) in [6.07, 6.45) is 4.42. The molecule has 0 heterocycles. The van der Waals surface area contributed by atoms with E-state index in [2.05, 4.69) is 0 Å². The molecule has 0 amide bonds. The SMILES string of the molecule is COC(=O)C(CCc1ccccc1)(C(=O)O)C1CCCC1. The summed E-state index contributed by atoms with van der Waals surface area (Å²) in [6.45, 7) is 0. The summed E-state index contributed by atoms with van der Waals surface area (Å²) in [5.74, 6) is -1.76. The standard InChI is InChI=1S/C17H22O4/c1-21-16(20)17(15(18)19,14-9-5-6-10-14)12-11-13-7-3-2-4-8-13/h2-4,7-8,14H,5-6,9-12H2,1H3,(H,18,19). The minimum absolute atomic E-state index is 0.119. The molecule has 0 saturated heterocycles. The lowest BCUT2D eigenvalue weighted by atomic mass is 9.70. The molecule has 1 unspecified atom stereocenters. The molecule has 0 spiro atoms. The summed E-state index contributed by atoms with van der Waals surface area (Å²) < 4.78 is 4.86. The van der Waals surface area contributed by atoms with E-state index in [1.165, 1.54) is 7.11 Å². The van der Waals surface area contributed by atoms with Crippen LogP contribution in [0, 0.1) is 11.3 Å². The largest absolute Gasteiger partial charge is 0.480 e. The van der Waals surface area contributed by atoms with Gasteiger partial charge in [-0.2, -0.15) is 0 Å². The molecule has 0 aliphatic heterocycles. The van der Waals surface area contributed by atoms with Crippen LogP contribution < -0.4 is 0 Å². The van der Waals surface area contributed by atoms with Crippen molar-refractivity contribution in [1.29, 1.82) is 0 Å². The van der Waals surface area contributed by atoms with Gasteiger partial charge in [0, 0.05) is 0 Å². The van der Waals surface area contributed by atoms with Crippen molar-refractivity contribution in [3.05, 3.63) is 35.9 Å². The van der Waals surface area contributed by atoms with Crippen LogP contribution in [0.25, 0.3) is 0 Å². The van der Waals surface area contributed by atoms with Gasteiger partial charge in [0.2, 0.25) is 0 Å². The highest BCUT2D eigenvalue weighted by Gasteiger charge is 2.53. The molecule has 1 aliphatic carbocycles. The number of carbonyl (C=O) groups excluding carboxylic acids is 1. The maximum Gasteiger partial charge on any atom is 0.323 e. The smallest absolute Gasteiger partial charge is 0.323 e. The maximum absolute atomic E-state index is 12.3. The number of hydrogen-bond acceptors (Lipinski definition) is 3. The first-order chi connectivity index (χ1) is 10.1. The zero-order chi connectivity index (χ0) is 15.3. The summed E-state index contributed by atoms with van der Waals surface area (Å²) in [4.78, 5) is 24.2. The van der Waals surface area contributed by atoms with Crippen LogP contribution in [0.1, 0.15) is 37.7 Å². The van der Waals surface area contributed by atoms with Crippen molar-refractivity contribution in [2.45, 2.75) is 38.5 Å². The van der Waals surface area contributed by atoms with E-state index in [-0.39, 0.29) is 5.92 Å². The Labute approximate surface area is 125 Å². The topological polar surface area (TPSA) is 63.6 Å². The summed E-state index contributed by atoms with van der Waals surface area (Å²) in [5, 5.41) is 9.76. The molecule has 1 saturated carbocycles. The number of aryl methyl sites for hydroxylation is 1. The lowest BCUT2D eigenvalue weighted by Crippen LogP contribution is -2.46. The van der Waals surface area contributed by atoms with Gasteiger partial charge in [-0.05, 0) is 37.2 Å². The normalized spacial score (nSPS) is 18.1. The Hall–Kier alpha value is -1.84. The quantitative estimate of drug-likeness (QED) is 0.646. The number of ether oxygens (including phenoxy) is 1. The first kappa shape index (κ1) is 15.5. The molecule has 2 rings (SSSR count). The molecule has 1 aliphatic rings. The van der Waals surface area contributed by atoms with Crippen molar-refractivity contribution in [1.82, 2.24) is 0 Å². The van der Waals surface area contributed by atoms with Crippen LogP contribution >= 0.6 is 0 Å². The summed E-state index contributed by atoms with van der Waals surface area (Å²) in [5.41, 5.74) is -0.355. The third-order valence-corrected chi connectivity index (χ3v) is 4.63. The lowest BCUT2D eigenvalue weighted by Gasteiger charge is -2.32. The van der Waals surface area contributed by atoms with Crippen LogP contribution in [0.3, 0.4) is 0 Å². The van der Waals surface area contributed by atoms with Gasteiger partial charge in [-0.25, -0.2) is 0 Å². The molecule has 1 aromatic carbocycles. The van der Waals surface area contributed by atoms with E-state index in [4.69, 9.17) is 4.74 Å². The Bertz CT molecular complexity index is 491. The van der Waals surface area contributed by atoms with E-state index in [9.17, 15) is 14.7 Å². The average Bonchev–Trinajstić information content (AvgIpc) is 3.03. The van der Waals surface area contributed by atoms with Crippen LogP contribution in [-0.4, -0.2) is 24.2 Å². The van der Waals surface area contributed by atoms with E-state index >= 15 is 0 Å². The van der Waals surface area contributed by atoms with Gasteiger partial charge in [-0.15, -0.1) is 0 Å². The van der Waals surface area contributed by atoms with E-state index in [0.29, 0.717) is 12.8 Å². The van der Waals surface area contributed by atoms with Crippen LogP contribution in [0.2, 0.25) is 0 Å². The van der Waals surface area contributed by atoms with Gasteiger partial charge >= 0.3 is 11.9 Å². The Morgan fingerprint density at radius 1 is 1.24 bits per heavy atom. The highest BCUT2D eigenvalue weighted by Crippen LogP contribution is 2.44. The number of benzene rings is 1. The monoisotopic (exact) mass is 290 g/mol. The predicted octanol–water partition coefficient (Wildman–Crippen LogP) is 3.05. The van der Waals surface area contributed by atoms with Crippen molar-refractivity contribution in [3.8, 4) is 0 Å². The fourth-order valence-corrected chi connectivity index (χ4v) is 3.43. The van der Waals surface area contributed by atoms with Crippen molar-refractivity contribution in [2.24, 2.45) is 11.3 Å². The van der Waals surface area contributed by atoms with Crippen molar-refractivity contribution in [2.75, 3.05) is 7.11 Å². The molecule has 1 atom stereocenters. The van der Waals surface area contributed by atoms with Gasteiger partial charge in [-0.1, -0.05) is 43.2 Å². The number of aliphatic carboxylic acids is 1. The van der Waals surface area contributed by atoms with Crippen LogP contribution in [-0.2, 0) is 20.7 Å². The highest BCUT2D eigenvalue weighted by molar-refractivity contribution is 5.99. The van der Waals surface area contributed by atoms with Crippen LogP contribution in [0.4, 0.5) is 0 Å². The predicted molar refractivity (Wildman–Crippen MR) is 78.8 cm³/mol. The number of carboxylic acids is 1. The number of esters is 1. The lowest BCUT2D eigenvalue weighted by molar-refractivity contribution is -0.172. The Morgan fingerprint density at radius 3 is 2.38 bits per heavy atom. The third-order valence-electron chi connectivity index (χ3n) is 4.63. The summed E-state index contributed by atoms with van der Waals surface area (Å²) in [6, 6.07) is 9.68. The molecule has 0 bridgehead atoms. The first-order valence-electron chi connectivity index (χ1n) is 7.47. The molecule has 1 fully saturated rings. The van der Waals surface area contributed by atoms with Crippen LogP contribution in [0.5, 0.6) is 0 Å². The number of carbonyl (C=O) groups is 2. The molecule has 114 valence electrons. The van der Waals surface area contributed by atoms with Crippen molar-refractivity contribution < 1.29 is 19.4 Å². The Kier molecular flexibility index (Phi) is 4.99. The Balaban J connectivity index is 2.25. The second-order valence-electron chi connectivity index (χ2n) is 5.74. The van der Waals surface area contributed by atoms with E-state index < -0.39 is 17.4 Å². The molecule has 0 aromatic heterocycles. The molecule has 1 aromatic rings. The van der Waals surface area contributed by atoms with Gasteiger partial charge in [-0.3, -0.25) is 9.59 Å². The van der Waals surface area contributed by atoms with E-state index in [1.807, 2.05) is 30.3 Å². The fraction of sp³-hybridized carbons (Fsp3) is 0.529. The molecule has 0 radical (unpaired) electrons. The zero-order valence-electron chi connectivity index (χ0n) is 12.4. The molecular weight excluding hydrogens is 268 g/mol. The number of hydrogen-bond donors (Lipinski definition) is 1. The number of carboxylic acid groups (broad SMARTS) is 1. The second-order valence-corrected chi connectivity index (χ2v) is 5.74. The number of methoxy groups -OCH3 is 1. The minimum atomic E-state index is -1.40. The van der Waals surface area contributed by atoms with Gasteiger partial charge in [0.15, 0.2) is 5.41 Å². The molecule has 4 nitrogen and oxygen atoms in total. The highest BCUT2D eigenvalue weighted by atomic mass is 16.5. The van der Waals surface area contributed by atoms with Gasteiger partial charge < -0.3 is 9.84 Å². The minimum Gasteiger partial charge on any atom is -0.480 e. The molecule has 21 heavy (non-hydrogen) atoms. The third kappa shape index (κ3) is 3.09. The molecular formula is C17H22O4. The molecule has 1 N–H and O–H groups in total. The second kappa shape index (κ2) is 6.74. The number of rotatable bonds is 6.